The van der Waals surface area contributed by atoms with Gasteiger partial charge in [-0.05, 0) is 30.6 Å². The lowest BCUT2D eigenvalue weighted by molar-refractivity contribution is 0.175. The van der Waals surface area contributed by atoms with Crippen LogP contribution < -0.4 is 0 Å². The molecule has 2 unspecified atom stereocenters. The molecular formula is C12H18N2. The molecule has 2 heteroatoms. The van der Waals surface area contributed by atoms with Gasteiger partial charge in [-0.1, -0.05) is 20.3 Å². The van der Waals surface area contributed by atoms with Crippen LogP contribution in [-0.2, 0) is 0 Å². The van der Waals surface area contributed by atoms with Gasteiger partial charge in [0.15, 0.2) is 0 Å². The van der Waals surface area contributed by atoms with Crippen LogP contribution in [0.4, 0.5) is 0 Å². The fourth-order valence-corrected chi connectivity index (χ4v) is 2.61. The summed E-state index contributed by atoms with van der Waals surface area (Å²) in [6.07, 6.45) is 4.93. The first-order valence-electron chi connectivity index (χ1n) is 5.38. The van der Waals surface area contributed by atoms with E-state index in [0.717, 1.165) is 19.3 Å². The normalized spacial score (nSPS) is 26.9. The lowest BCUT2D eigenvalue weighted by atomic mass is 9.71. The average molecular weight is 190 g/mol. The first-order valence-corrected chi connectivity index (χ1v) is 5.38. The molecule has 0 aromatic heterocycles. The van der Waals surface area contributed by atoms with Crippen molar-refractivity contribution in [3.05, 3.63) is 0 Å². The molecule has 0 aliphatic heterocycles. The van der Waals surface area contributed by atoms with E-state index in [4.69, 9.17) is 10.5 Å². The molecule has 0 heterocycles. The second-order valence-electron chi connectivity index (χ2n) is 4.92. The number of hydrogen-bond donors (Lipinski definition) is 0. The molecule has 0 radical (unpaired) electrons. The Kier molecular flexibility index (Phi) is 3.53. The van der Waals surface area contributed by atoms with Crippen molar-refractivity contribution in [2.45, 2.75) is 46.0 Å². The van der Waals surface area contributed by atoms with Crippen LogP contribution in [0.5, 0.6) is 0 Å². The summed E-state index contributed by atoms with van der Waals surface area (Å²) in [5.41, 5.74) is 0.159. The van der Waals surface area contributed by atoms with Crippen molar-refractivity contribution in [2.75, 3.05) is 0 Å². The maximum atomic E-state index is 9.01. The van der Waals surface area contributed by atoms with Crippen LogP contribution in [0.25, 0.3) is 0 Å². The molecule has 1 aliphatic carbocycles. The van der Waals surface area contributed by atoms with E-state index in [-0.39, 0.29) is 11.3 Å². The van der Waals surface area contributed by atoms with E-state index in [1.54, 1.807) is 0 Å². The number of nitriles is 2. The zero-order valence-electron chi connectivity index (χ0n) is 9.08. The molecule has 1 saturated carbocycles. The molecule has 1 rings (SSSR count). The van der Waals surface area contributed by atoms with Crippen LogP contribution in [0.2, 0.25) is 0 Å². The summed E-state index contributed by atoms with van der Waals surface area (Å²) in [5, 5.41) is 17.6. The van der Waals surface area contributed by atoms with E-state index < -0.39 is 0 Å². The molecule has 1 fully saturated rings. The van der Waals surface area contributed by atoms with Gasteiger partial charge in [0.1, 0.15) is 0 Å². The second-order valence-corrected chi connectivity index (χ2v) is 4.92. The molecule has 0 N–H and O–H groups in total. The standard InChI is InChI=1S/C12H18N2/c1-12(2,7-4-8-13)11-6-3-5-10(11)9-14/h10-11H,3-7H2,1-2H3. The minimum atomic E-state index is 0.159. The predicted octanol–water partition coefficient (Wildman–Crippen LogP) is 3.26. The zero-order valence-corrected chi connectivity index (χ0v) is 9.08. The molecule has 0 saturated heterocycles. The SMILES string of the molecule is CC(C)(CCC#N)C1CCCC1C#N. The van der Waals surface area contributed by atoms with Gasteiger partial charge >= 0.3 is 0 Å². The molecule has 2 nitrogen and oxygen atoms in total. The molecule has 14 heavy (non-hydrogen) atoms. The van der Waals surface area contributed by atoms with Gasteiger partial charge in [0, 0.05) is 12.3 Å². The van der Waals surface area contributed by atoms with Gasteiger partial charge in [-0.25, -0.2) is 0 Å². The summed E-state index contributed by atoms with van der Waals surface area (Å²) in [7, 11) is 0. The molecule has 0 bridgehead atoms. The Labute approximate surface area is 86.5 Å². The third-order valence-corrected chi connectivity index (χ3v) is 3.57. The van der Waals surface area contributed by atoms with Gasteiger partial charge in [-0.3, -0.25) is 0 Å². The fourth-order valence-electron chi connectivity index (χ4n) is 2.61. The Morgan fingerprint density at radius 1 is 1.29 bits per heavy atom. The van der Waals surface area contributed by atoms with Crippen molar-refractivity contribution in [1.29, 1.82) is 10.5 Å². The molecule has 0 aromatic rings. The quantitative estimate of drug-likeness (QED) is 0.685. The Morgan fingerprint density at radius 3 is 2.57 bits per heavy atom. The highest BCUT2D eigenvalue weighted by Crippen LogP contribution is 2.45. The van der Waals surface area contributed by atoms with Crippen molar-refractivity contribution in [3.8, 4) is 12.1 Å². The summed E-state index contributed by atoms with van der Waals surface area (Å²) in [5.74, 6) is 0.726. The molecular weight excluding hydrogens is 172 g/mol. The van der Waals surface area contributed by atoms with Crippen molar-refractivity contribution in [3.63, 3.8) is 0 Å². The number of nitrogens with zero attached hydrogens (tertiary/aromatic N) is 2. The first kappa shape index (κ1) is 11.1. The van der Waals surface area contributed by atoms with Crippen molar-refractivity contribution in [1.82, 2.24) is 0 Å². The van der Waals surface area contributed by atoms with Gasteiger partial charge in [-0.15, -0.1) is 0 Å². The Balaban J connectivity index is 2.62. The Bertz CT molecular complexity index is 267. The highest BCUT2D eigenvalue weighted by atomic mass is 14.4. The lowest BCUT2D eigenvalue weighted by Gasteiger charge is -2.32. The molecule has 2 atom stereocenters. The van der Waals surface area contributed by atoms with E-state index in [0.29, 0.717) is 12.3 Å². The van der Waals surface area contributed by atoms with Crippen LogP contribution >= 0.6 is 0 Å². The molecule has 0 aromatic carbocycles. The monoisotopic (exact) mass is 190 g/mol. The van der Waals surface area contributed by atoms with E-state index in [2.05, 4.69) is 26.0 Å². The fraction of sp³-hybridized carbons (Fsp3) is 0.833. The maximum Gasteiger partial charge on any atom is 0.0658 e. The summed E-state index contributed by atoms with van der Waals surface area (Å²) >= 11 is 0. The largest absolute Gasteiger partial charge is 0.198 e. The number of rotatable bonds is 3. The van der Waals surface area contributed by atoms with E-state index >= 15 is 0 Å². The zero-order chi connectivity index (χ0) is 10.6. The molecule has 0 spiro atoms. The van der Waals surface area contributed by atoms with Crippen LogP contribution in [0, 0.1) is 39.9 Å². The van der Waals surface area contributed by atoms with Crippen LogP contribution in [0.15, 0.2) is 0 Å². The summed E-state index contributed by atoms with van der Waals surface area (Å²) in [6.45, 7) is 4.40. The second kappa shape index (κ2) is 4.47. The van der Waals surface area contributed by atoms with Crippen LogP contribution in [0.3, 0.4) is 0 Å². The Hall–Kier alpha value is -1.02. The minimum absolute atomic E-state index is 0.159. The van der Waals surface area contributed by atoms with Gasteiger partial charge in [-0.2, -0.15) is 10.5 Å². The number of hydrogen-bond acceptors (Lipinski definition) is 2. The van der Waals surface area contributed by atoms with Gasteiger partial charge in [0.2, 0.25) is 0 Å². The average Bonchev–Trinajstić information content (AvgIpc) is 2.63. The van der Waals surface area contributed by atoms with E-state index in [1.807, 2.05) is 0 Å². The highest BCUT2D eigenvalue weighted by molar-refractivity contribution is 4.98. The Morgan fingerprint density at radius 2 is 2.00 bits per heavy atom. The topological polar surface area (TPSA) is 47.6 Å². The summed E-state index contributed by atoms with van der Waals surface area (Å²) < 4.78 is 0. The highest BCUT2D eigenvalue weighted by Gasteiger charge is 2.38. The van der Waals surface area contributed by atoms with Crippen molar-refractivity contribution >= 4 is 0 Å². The molecule has 1 aliphatic rings. The maximum absolute atomic E-state index is 9.01. The first-order chi connectivity index (χ1) is 6.61. The molecule has 0 amide bonds. The van der Waals surface area contributed by atoms with Crippen LogP contribution in [0.1, 0.15) is 46.0 Å². The van der Waals surface area contributed by atoms with Gasteiger partial charge < -0.3 is 0 Å². The van der Waals surface area contributed by atoms with Crippen LogP contribution in [-0.4, -0.2) is 0 Å². The predicted molar refractivity (Wildman–Crippen MR) is 55.1 cm³/mol. The van der Waals surface area contributed by atoms with Gasteiger partial charge in [0.05, 0.1) is 12.1 Å². The van der Waals surface area contributed by atoms with Crippen molar-refractivity contribution in [2.24, 2.45) is 17.3 Å². The smallest absolute Gasteiger partial charge is 0.0658 e. The lowest BCUT2D eigenvalue weighted by Crippen LogP contribution is -2.26. The molecule has 76 valence electrons. The van der Waals surface area contributed by atoms with E-state index in [9.17, 15) is 0 Å². The third kappa shape index (κ3) is 2.26. The summed E-state index contributed by atoms with van der Waals surface area (Å²) in [6, 6.07) is 4.61. The van der Waals surface area contributed by atoms with Crippen molar-refractivity contribution < 1.29 is 0 Å². The van der Waals surface area contributed by atoms with Gasteiger partial charge in [0.25, 0.3) is 0 Å². The minimum Gasteiger partial charge on any atom is -0.198 e. The third-order valence-electron chi connectivity index (χ3n) is 3.57. The van der Waals surface area contributed by atoms with E-state index in [1.165, 1.54) is 6.42 Å². The summed E-state index contributed by atoms with van der Waals surface area (Å²) in [4.78, 5) is 0.